The summed E-state index contributed by atoms with van der Waals surface area (Å²) in [6, 6.07) is 4.63. The van der Waals surface area contributed by atoms with Crippen LogP contribution in [-0.2, 0) is 9.53 Å². The number of likely N-dealkylation sites (N-methyl/N-ethyl adjacent to an activating group) is 1. The fourth-order valence-electron chi connectivity index (χ4n) is 5.19. The van der Waals surface area contributed by atoms with E-state index < -0.39 is 0 Å². The first kappa shape index (κ1) is 21.7. The lowest BCUT2D eigenvalue weighted by Crippen LogP contribution is -2.50. The number of nitrogens with one attached hydrogen (secondary N) is 1. The second-order valence-electron chi connectivity index (χ2n) is 9.00. The number of hydrogen-bond acceptors (Lipinski definition) is 8. The Morgan fingerprint density at radius 1 is 1.21 bits per heavy atom. The highest BCUT2D eigenvalue weighted by atomic mass is 16.5. The molecule has 3 fully saturated rings. The zero-order chi connectivity index (χ0) is 22.9. The molecule has 0 spiro atoms. The van der Waals surface area contributed by atoms with Crippen molar-refractivity contribution in [2.24, 2.45) is 0 Å². The van der Waals surface area contributed by atoms with E-state index in [0.717, 1.165) is 68.4 Å². The van der Waals surface area contributed by atoms with Gasteiger partial charge in [0, 0.05) is 51.0 Å². The molecule has 11 heteroatoms. The zero-order valence-electron chi connectivity index (χ0n) is 19.0. The van der Waals surface area contributed by atoms with Gasteiger partial charge >= 0.3 is 0 Å². The quantitative estimate of drug-likeness (QED) is 0.566. The van der Waals surface area contributed by atoms with Crippen LogP contribution in [0.15, 0.2) is 24.5 Å². The van der Waals surface area contributed by atoms with Gasteiger partial charge < -0.3 is 24.5 Å². The van der Waals surface area contributed by atoms with Gasteiger partial charge in [0.2, 0.25) is 0 Å². The number of imidazole rings is 1. The summed E-state index contributed by atoms with van der Waals surface area (Å²) in [6.07, 6.45) is 6.69. The summed E-state index contributed by atoms with van der Waals surface area (Å²) < 4.78 is 8.04. The molecule has 3 aromatic heterocycles. The predicted octanol–water partition coefficient (Wildman–Crippen LogP) is 1.33. The number of piperazine rings is 1. The molecule has 0 aromatic carbocycles. The maximum atomic E-state index is 8.36. The first-order valence-electron chi connectivity index (χ1n) is 11.4. The average molecular weight is 455 g/mol. The molecule has 0 radical (unpaired) electrons. The lowest BCUT2D eigenvalue weighted by atomic mass is 10.1. The van der Waals surface area contributed by atoms with E-state index in [2.05, 4.69) is 44.9 Å². The number of fused-ring (bicyclic) bond motifs is 3. The van der Waals surface area contributed by atoms with E-state index in [1.165, 1.54) is 5.69 Å². The number of H-pyrrole nitrogens is 1. The van der Waals surface area contributed by atoms with E-state index >= 15 is 0 Å². The fourth-order valence-corrected chi connectivity index (χ4v) is 5.19. The lowest BCUT2D eigenvalue weighted by molar-refractivity contribution is -0.122. The van der Waals surface area contributed by atoms with Crippen molar-refractivity contribution in [1.29, 1.82) is 0 Å². The van der Waals surface area contributed by atoms with E-state index in [1.54, 1.807) is 0 Å². The second-order valence-corrected chi connectivity index (χ2v) is 9.00. The molecule has 11 nitrogen and oxygen atoms in total. The Hall–Kier alpha value is -3.18. The summed E-state index contributed by atoms with van der Waals surface area (Å²) in [5.74, 6) is 1.77. The van der Waals surface area contributed by atoms with Crippen molar-refractivity contribution in [2.75, 3.05) is 49.6 Å². The monoisotopic (exact) mass is 454 g/mol. The number of carbonyl (C=O) groups is 1. The van der Waals surface area contributed by atoms with Crippen LogP contribution < -0.4 is 9.80 Å². The lowest BCUT2D eigenvalue weighted by Gasteiger charge is -2.40. The van der Waals surface area contributed by atoms with Crippen LogP contribution in [0.3, 0.4) is 0 Å². The van der Waals surface area contributed by atoms with E-state index in [4.69, 9.17) is 24.7 Å². The van der Waals surface area contributed by atoms with Gasteiger partial charge in [0.25, 0.3) is 6.47 Å². The summed E-state index contributed by atoms with van der Waals surface area (Å²) >= 11 is 0. The largest absolute Gasteiger partial charge is 0.483 e. The number of morpholine rings is 1. The number of aromatic amines is 1. The van der Waals surface area contributed by atoms with E-state index in [0.29, 0.717) is 18.2 Å². The topological polar surface area (TPSA) is 115 Å². The molecule has 176 valence electrons. The van der Waals surface area contributed by atoms with Crippen molar-refractivity contribution in [3.63, 3.8) is 0 Å². The Bertz CT molecular complexity index is 1090. The summed E-state index contributed by atoms with van der Waals surface area (Å²) in [6.45, 7) is 6.95. The molecule has 3 aliphatic rings. The molecule has 3 unspecified atom stereocenters. The molecule has 0 aliphatic carbocycles. The minimum absolute atomic E-state index is 0.250. The van der Waals surface area contributed by atoms with Crippen molar-refractivity contribution in [1.82, 2.24) is 29.7 Å². The summed E-state index contributed by atoms with van der Waals surface area (Å²) in [5, 5.41) is 19.2. The normalized spacial score (nSPS) is 25.2. The van der Waals surface area contributed by atoms with Crippen LogP contribution in [0.25, 0.3) is 17.0 Å². The van der Waals surface area contributed by atoms with Crippen LogP contribution in [0.5, 0.6) is 0 Å². The number of anilines is 2. The van der Waals surface area contributed by atoms with Gasteiger partial charge in [-0.25, -0.2) is 9.50 Å². The molecule has 33 heavy (non-hydrogen) atoms. The maximum Gasteiger partial charge on any atom is 0.290 e. The molecule has 3 aromatic rings. The Labute approximate surface area is 191 Å². The first-order chi connectivity index (χ1) is 16.1. The number of ether oxygens (including phenoxy) is 1. The molecule has 3 atom stereocenters. The van der Waals surface area contributed by atoms with Crippen molar-refractivity contribution in [3.05, 3.63) is 24.5 Å². The molecule has 6 heterocycles. The molecule has 2 N–H and O–H groups in total. The Morgan fingerprint density at radius 3 is 2.64 bits per heavy atom. The van der Waals surface area contributed by atoms with Gasteiger partial charge in [-0.05, 0) is 32.9 Å². The predicted molar refractivity (Wildman–Crippen MR) is 124 cm³/mol. The van der Waals surface area contributed by atoms with Gasteiger partial charge in [-0.3, -0.25) is 9.89 Å². The van der Waals surface area contributed by atoms with E-state index in [-0.39, 0.29) is 6.47 Å². The molecule has 0 saturated carbocycles. The van der Waals surface area contributed by atoms with E-state index in [9.17, 15) is 0 Å². The number of rotatable bonds is 3. The van der Waals surface area contributed by atoms with Crippen LogP contribution in [0, 0.1) is 0 Å². The summed E-state index contributed by atoms with van der Waals surface area (Å²) in [5.41, 5.74) is 3.04. The molecule has 6 rings (SSSR count). The highest BCUT2D eigenvalue weighted by Gasteiger charge is 2.35. The van der Waals surface area contributed by atoms with Gasteiger partial charge in [-0.1, -0.05) is 0 Å². The van der Waals surface area contributed by atoms with Crippen LogP contribution in [0.4, 0.5) is 11.5 Å². The Balaban J connectivity index is 0.000000724. The van der Waals surface area contributed by atoms with E-state index in [1.807, 2.05) is 23.0 Å². The fraction of sp³-hybridized carbons (Fsp3) is 0.545. The first-order valence-corrected chi connectivity index (χ1v) is 11.4. The SMILES string of the molecule is CC1CN(C)CCN1c1cc(N2CC3CCC(C2)O3)nn2c(-c3cc[nH]n3)ncc12.O=CO. The minimum atomic E-state index is -0.250. The highest BCUT2D eigenvalue weighted by molar-refractivity contribution is 5.78. The third-order valence-electron chi connectivity index (χ3n) is 6.71. The van der Waals surface area contributed by atoms with Gasteiger partial charge in [-0.15, -0.1) is 5.10 Å². The van der Waals surface area contributed by atoms with Crippen molar-refractivity contribution < 1.29 is 14.6 Å². The van der Waals surface area contributed by atoms with Gasteiger partial charge in [0.15, 0.2) is 11.6 Å². The van der Waals surface area contributed by atoms with Crippen LogP contribution in [-0.4, -0.2) is 99.3 Å². The molecular weight excluding hydrogens is 424 g/mol. The van der Waals surface area contributed by atoms with Crippen molar-refractivity contribution in [3.8, 4) is 11.5 Å². The number of nitrogens with zero attached hydrogens (tertiary/aromatic N) is 7. The average Bonchev–Trinajstić information content (AvgIpc) is 3.53. The maximum absolute atomic E-state index is 8.36. The number of hydrogen-bond donors (Lipinski definition) is 2. The molecule has 2 bridgehead atoms. The van der Waals surface area contributed by atoms with Crippen LogP contribution >= 0.6 is 0 Å². The second kappa shape index (κ2) is 8.99. The third kappa shape index (κ3) is 4.13. The zero-order valence-corrected chi connectivity index (χ0v) is 19.0. The summed E-state index contributed by atoms with van der Waals surface area (Å²) in [4.78, 5) is 20.4. The van der Waals surface area contributed by atoms with Crippen LogP contribution in [0.2, 0.25) is 0 Å². The molecule has 3 saturated heterocycles. The van der Waals surface area contributed by atoms with Crippen molar-refractivity contribution >= 4 is 23.5 Å². The highest BCUT2D eigenvalue weighted by Crippen LogP contribution is 2.34. The van der Waals surface area contributed by atoms with Gasteiger partial charge in [0.1, 0.15) is 11.2 Å². The van der Waals surface area contributed by atoms with Gasteiger partial charge in [0.05, 0.1) is 24.1 Å². The molecule has 0 amide bonds. The molecular formula is C22H30N8O3. The smallest absolute Gasteiger partial charge is 0.290 e. The Kier molecular flexibility index (Phi) is 5.90. The Morgan fingerprint density at radius 2 is 1.97 bits per heavy atom. The third-order valence-corrected chi connectivity index (χ3v) is 6.71. The molecule has 3 aliphatic heterocycles. The van der Waals surface area contributed by atoms with Crippen LogP contribution in [0.1, 0.15) is 19.8 Å². The van der Waals surface area contributed by atoms with Gasteiger partial charge in [-0.2, -0.15) is 5.10 Å². The number of carboxylic acid groups (broad SMARTS) is 1. The van der Waals surface area contributed by atoms with Crippen molar-refractivity contribution in [2.45, 2.75) is 38.0 Å². The number of aromatic nitrogens is 5. The summed E-state index contributed by atoms with van der Waals surface area (Å²) in [7, 11) is 2.19. The standard InChI is InChI=1S/C21H28N8O.CH2O2/c1-14-11-26(2)7-8-28(14)18-9-20(27-12-15-3-4-16(13-27)30-15)25-29-19(18)10-22-21(29)17-5-6-23-24-17;2-1-3/h5-6,9-10,14-16H,3-4,7-8,11-13H2,1-2H3,(H,23,24);1H,(H,2,3). The minimum Gasteiger partial charge on any atom is -0.483 e.